The molecule has 7 nitrogen and oxygen atoms in total. The summed E-state index contributed by atoms with van der Waals surface area (Å²) in [6.45, 7) is 15.0. The second-order valence-electron chi connectivity index (χ2n) is 12.5. The van der Waals surface area contributed by atoms with Crippen LogP contribution >= 0.6 is 0 Å². The summed E-state index contributed by atoms with van der Waals surface area (Å²) in [5.41, 5.74) is 4.16. The van der Waals surface area contributed by atoms with Crippen LogP contribution in [0.3, 0.4) is 0 Å². The largest absolute Gasteiger partial charge is 0.339 e. The van der Waals surface area contributed by atoms with Gasteiger partial charge >= 0.3 is 0 Å². The Kier molecular flexibility index (Phi) is 11.0. The van der Waals surface area contributed by atoms with Gasteiger partial charge in [0.2, 0.25) is 5.95 Å². The van der Waals surface area contributed by atoms with Gasteiger partial charge < -0.3 is 20.1 Å². The lowest BCUT2D eigenvalue weighted by Crippen LogP contribution is -2.34. The van der Waals surface area contributed by atoms with E-state index in [-0.39, 0.29) is 11.7 Å². The molecule has 0 saturated carbocycles. The molecule has 4 rings (SSSR count). The highest BCUT2D eigenvalue weighted by atomic mass is 16.2. The van der Waals surface area contributed by atoms with Crippen molar-refractivity contribution in [1.82, 2.24) is 19.8 Å². The fourth-order valence-corrected chi connectivity index (χ4v) is 5.53. The van der Waals surface area contributed by atoms with Crippen molar-refractivity contribution in [3.05, 3.63) is 53.6 Å². The number of carbonyl (C=O) groups is 2. The van der Waals surface area contributed by atoms with Crippen molar-refractivity contribution in [2.45, 2.75) is 79.7 Å². The average Bonchev–Trinajstić information content (AvgIpc) is 3.29. The van der Waals surface area contributed by atoms with Crippen LogP contribution in [-0.2, 0) is 6.54 Å². The highest BCUT2D eigenvalue weighted by Gasteiger charge is 2.20. The third-order valence-electron chi connectivity index (χ3n) is 8.24. The van der Waals surface area contributed by atoms with Gasteiger partial charge in [0.15, 0.2) is 5.78 Å². The summed E-state index contributed by atoms with van der Waals surface area (Å²) >= 11 is 0. The van der Waals surface area contributed by atoms with Gasteiger partial charge in [-0.2, -0.15) is 0 Å². The molecule has 2 heterocycles. The van der Waals surface area contributed by atoms with Crippen LogP contribution in [0.5, 0.6) is 0 Å². The normalized spacial score (nSPS) is 14.2. The SMILES string of the molecule is CC(=O)c1ccc(Nc2nc3ccc(C(=O)N(CCC(C)C)CCC(C)C)cc3n2CCCC2CCNCC2)cc1. The minimum Gasteiger partial charge on any atom is -0.339 e. The number of hydrogen-bond acceptors (Lipinski definition) is 5. The molecule has 0 unspecified atom stereocenters. The highest BCUT2D eigenvalue weighted by molar-refractivity contribution is 5.98. The van der Waals surface area contributed by atoms with E-state index in [1.54, 1.807) is 6.92 Å². The highest BCUT2D eigenvalue weighted by Crippen LogP contribution is 2.27. The fourth-order valence-electron chi connectivity index (χ4n) is 5.53. The maximum atomic E-state index is 13.8. The lowest BCUT2D eigenvalue weighted by Gasteiger charge is -2.25. The number of ketones is 1. The van der Waals surface area contributed by atoms with Crippen LogP contribution in [0.1, 0.15) is 93.9 Å². The monoisotopic (exact) mass is 559 g/mol. The number of anilines is 2. The summed E-state index contributed by atoms with van der Waals surface area (Å²) in [5.74, 6) is 2.77. The summed E-state index contributed by atoms with van der Waals surface area (Å²) < 4.78 is 2.23. The van der Waals surface area contributed by atoms with Crippen LogP contribution in [0.2, 0.25) is 0 Å². The summed E-state index contributed by atoms with van der Waals surface area (Å²) in [5, 5.41) is 6.95. The summed E-state index contributed by atoms with van der Waals surface area (Å²) in [4.78, 5) is 32.5. The molecule has 2 aromatic carbocycles. The predicted octanol–water partition coefficient (Wildman–Crippen LogP) is 7.30. The molecule has 222 valence electrons. The molecule has 3 aromatic rings. The lowest BCUT2D eigenvalue weighted by atomic mass is 9.93. The Labute approximate surface area is 246 Å². The van der Waals surface area contributed by atoms with Crippen molar-refractivity contribution in [3.63, 3.8) is 0 Å². The van der Waals surface area contributed by atoms with Crippen LogP contribution < -0.4 is 10.6 Å². The van der Waals surface area contributed by atoms with Crippen molar-refractivity contribution < 1.29 is 9.59 Å². The molecule has 0 bridgehead atoms. The first-order chi connectivity index (χ1) is 19.7. The van der Waals surface area contributed by atoms with E-state index < -0.39 is 0 Å². The molecule has 1 saturated heterocycles. The standard InChI is InChI=1S/C34H49N5O2/c1-24(2)16-21-38(22-17-25(3)4)33(41)29-10-13-31-32(23-29)39(20-6-7-27-14-18-35-19-15-27)34(37-31)36-30-11-8-28(9-12-30)26(5)40/h8-13,23-25,27,35H,6-7,14-22H2,1-5H3,(H,36,37). The predicted molar refractivity (Wildman–Crippen MR) is 169 cm³/mol. The number of aryl methyl sites for hydroxylation is 1. The van der Waals surface area contributed by atoms with Crippen molar-refractivity contribution in [3.8, 4) is 0 Å². The number of nitrogens with one attached hydrogen (secondary N) is 2. The molecular weight excluding hydrogens is 510 g/mol. The molecule has 0 atom stereocenters. The Bertz CT molecular complexity index is 1280. The molecule has 1 aliphatic heterocycles. The van der Waals surface area contributed by atoms with Crippen LogP contribution in [0.25, 0.3) is 11.0 Å². The van der Waals surface area contributed by atoms with Gasteiger partial charge in [-0.15, -0.1) is 0 Å². The van der Waals surface area contributed by atoms with E-state index in [0.717, 1.165) is 86.1 Å². The first-order valence-corrected chi connectivity index (χ1v) is 15.6. The van der Waals surface area contributed by atoms with E-state index in [1.807, 2.05) is 47.4 Å². The fraction of sp³-hybridized carbons (Fsp3) is 0.559. The quantitative estimate of drug-likeness (QED) is 0.203. The molecule has 2 N–H and O–H groups in total. The smallest absolute Gasteiger partial charge is 0.253 e. The Hall–Kier alpha value is -3.19. The summed E-state index contributed by atoms with van der Waals surface area (Å²) in [6.07, 6.45) is 6.71. The zero-order chi connectivity index (χ0) is 29.4. The van der Waals surface area contributed by atoms with Crippen molar-refractivity contribution >= 4 is 34.4 Å². The molecule has 1 amide bonds. The molecule has 7 heteroatoms. The molecule has 41 heavy (non-hydrogen) atoms. The maximum absolute atomic E-state index is 13.8. The van der Waals surface area contributed by atoms with Gasteiger partial charge in [0.1, 0.15) is 0 Å². The van der Waals surface area contributed by atoms with E-state index in [0.29, 0.717) is 17.4 Å². The number of aromatic nitrogens is 2. The first kappa shape index (κ1) is 30.8. The van der Waals surface area contributed by atoms with E-state index in [1.165, 1.54) is 19.3 Å². The molecule has 1 aliphatic rings. The summed E-state index contributed by atoms with van der Waals surface area (Å²) in [7, 11) is 0. The number of Topliss-reactive ketones (excluding diaryl/α,β-unsaturated/α-hetero) is 1. The minimum atomic E-state index is 0.0507. The number of piperidine rings is 1. The van der Waals surface area contributed by atoms with Gasteiger partial charge in [0.25, 0.3) is 5.91 Å². The molecule has 1 aromatic heterocycles. The molecule has 0 spiro atoms. The third kappa shape index (κ3) is 8.65. The second kappa shape index (κ2) is 14.6. The Morgan fingerprint density at radius 2 is 1.61 bits per heavy atom. The molecular formula is C34H49N5O2. The lowest BCUT2D eigenvalue weighted by molar-refractivity contribution is 0.0740. The van der Waals surface area contributed by atoms with Gasteiger partial charge in [-0.05, 0) is 119 Å². The van der Waals surface area contributed by atoms with Crippen molar-refractivity contribution in [2.75, 3.05) is 31.5 Å². The number of benzene rings is 2. The van der Waals surface area contributed by atoms with Crippen molar-refractivity contribution in [2.24, 2.45) is 17.8 Å². The Morgan fingerprint density at radius 3 is 2.22 bits per heavy atom. The van der Waals surface area contributed by atoms with Crippen LogP contribution in [0.4, 0.5) is 11.6 Å². The zero-order valence-electron chi connectivity index (χ0n) is 25.7. The second-order valence-corrected chi connectivity index (χ2v) is 12.5. The summed E-state index contributed by atoms with van der Waals surface area (Å²) in [6, 6.07) is 13.5. The number of imidazole rings is 1. The minimum absolute atomic E-state index is 0.0507. The first-order valence-electron chi connectivity index (χ1n) is 15.6. The van der Waals surface area contributed by atoms with Crippen LogP contribution in [0.15, 0.2) is 42.5 Å². The van der Waals surface area contributed by atoms with E-state index in [4.69, 9.17) is 4.98 Å². The number of nitrogens with zero attached hydrogens (tertiary/aromatic N) is 3. The number of amides is 1. The molecule has 1 fully saturated rings. The zero-order valence-corrected chi connectivity index (χ0v) is 25.7. The maximum Gasteiger partial charge on any atom is 0.253 e. The number of carbonyl (C=O) groups excluding carboxylic acids is 2. The van der Waals surface area contributed by atoms with Gasteiger partial charge in [0.05, 0.1) is 11.0 Å². The Morgan fingerprint density at radius 1 is 0.976 bits per heavy atom. The molecule has 0 radical (unpaired) electrons. The average molecular weight is 560 g/mol. The topological polar surface area (TPSA) is 79.3 Å². The van der Waals surface area contributed by atoms with E-state index in [2.05, 4.69) is 42.9 Å². The van der Waals surface area contributed by atoms with Crippen LogP contribution in [-0.4, -0.2) is 52.3 Å². The number of rotatable bonds is 14. The van der Waals surface area contributed by atoms with E-state index in [9.17, 15) is 9.59 Å². The van der Waals surface area contributed by atoms with Gasteiger partial charge in [-0.3, -0.25) is 9.59 Å². The Balaban J connectivity index is 1.62. The van der Waals surface area contributed by atoms with Gasteiger partial charge in [-0.1, -0.05) is 27.7 Å². The third-order valence-corrected chi connectivity index (χ3v) is 8.24. The van der Waals surface area contributed by atoms with E-state index >= 15 is 0 Å². The molecule has 0 aliphatic carbocycles. The van der Waals surface area contributed by atoms with Gasteiger partial charge in [0, 0.05) is 36.4 Å². The number of fused-ring (bicyclic) bond motifs is 1. The van der Waals surface area contributed by atoms with Gasteiger partial charge in [-0.25, -0.2) is 4.98 Å². The van der Waals surface area contributed by atoms with Crippen LogP contribution in [0, 0.1) is 17.8 Å². The van der Waals surface area contributed by atoms with Crippen molar-refractivity contribution in [1.29, 1.82) is 0 Å². The number of hydrogen-bond donors (Lipinski definition) is 2.